The van der Waals surface area contributed by atoms with Crippen LogP contribution >= 0.6 is 0 Å². The van der Waals surface area contributed by atoms with Crippen LogP contribution in [0, 0.1) is 25.2 Å². The number of alkyl halides is 1. The van der Waals surface area contributed by atoms with Gasteiger partial charge in [-0.3, -0.25) is 9.69 Å². The lowest BCUT2D eigenvalue weighted by molar-refractivity contribution is -0.0660. The van der Waals surface area contributed by atoms with E-state index in [4.69, 9.17) is 9.47 Å². The summed E-state index contributed by atoms with van der Waals surface area (Å²) < 4.78 is 26.6. The molecule has 248 valence electrons. The Labute approximate surface area is 277 Å². The summed E-state index contributed by atoms with van der Waals surface area (Å²) in [5.41, 5.74) is 3.79. The number of nitrogens with zero attached hydrogens (tertiary/aromatic N) is 8. The molecule has 1 amide bonds. The predicted molar refractivity (Wildman–Crippen MR) is 176 cm³/mol. The number of piperidine rings is 1. The number of H-pyrrole nitrogens is 1. The molecule has 0 spiro atoms. The molecule has 2 N–H and O–H groups in total. The van der Waals surface area contributed by atoms with Crippen molar-refractivity contribution < 1.29 is 18.7 Å². The zero-order valence-electron chi connectivity index (χ0n) is 26.9. The molecule has 0 radical (unpaired) electrons. The number of rotatable bonds is 8. The molecular weight excluding hydrogens is 615 g/mol. The Morgan fingerprint density at radius 2 is 1.85 bits per heavy atom. The van der Waals surface area contributed by atoms with E-state index in [-0.39, 0.29) is 30.2 Å². The van der Waals surface area contributed by atoms with Crippen LogP contribution in [0.5, 0.6) is 5.75 Å². The maximum Gasteiger partial charge on any atom is 0.274 e. The van der Waals surface area contributed by atoms with Crippen molar-refractivity contribution in [2.45, 2.75) is 38.6 Å². The van der Waals surface area contributed by atoms with Crippen LogP contribution in [0.25, 0.3) is 11.4 Å². The molecule has 14 heteroatoms. The van der Waals surface area contributed by atoms with E-state index < -0.39 is 12.3 Å². The number of aromatic amines is 1. The quantitative estimate of drug-likeness (QED) is 0.287. The minimum absolute atomic E-state index is 0.119. The Morgan fingerprint density at radius 1 is 1.06 bits per heavy atom. The van der Waals surface area contributed by atoms with Gasteiger partial charge in [-0.05, 0) is 56.3 Å². The number of amides is 1. The van der Waals surface area contributed by atoms with Crippen molar-refractivity contribution in [2.75, 3.05) is 62.7 Å². The number of nitriles is 1. The van der Waals surface area contributed by atoms with Gasteiger partial charge in [-0.15, -0.1) is 0 Å². The number of likely N-dealkylation sites (tertiary alicyclic amines) is 1. The number of hydrogen-bond donors (Lipinski definition) is 2. The van der Waals surface area contributed by atoms with E-state index in [0.29, 0.717) is 47.1 Å². The number of imidazole rings is 1. The molecule has 0 saturated carbocycles. The number of halogens is 1. The van der Waals surface area contributed by atoms with Gasteiger partial charge in [-0.25, -0.2) is 19.3 Å². The van der Waals surface area contributed by atoms with Gasteiger partial charge in [0.05, 0.1) is 31.4 Å². The maximum absolute atomic E-state index is 15.3. The van der Waals surface area contributed by atoms with Crippen molar-refractivity contribution in [3.63, 3.8) is 0 Å². The molecule has 4 aromatic rings. The molecule has 3 aliphatic rings. The maximum atomic E-state index is 15.3. The summed E-state index contributed by atoms with van der Waals surface area (Å²) in [6.45, 7) is 9.45. The highest BCUT2D eigenvalue weighted by Crippen LogP contribution is 2.29. The molecule has 3 saturated heterocycles. The third-order valence-electron chi connectivity index (χ3n) is 9.12. The fourth-order valence-corrected chi connectivity index (χ4v) is 6.35. The number of ether oxygens (including phenoxy) is 2. The van der Waals surface area contributed by atoms with Crippen molar-refractivity contribution in [3.05, 3.63) is 71.6 Å². The molecule has 2 atom stereocenters. The molecule has 7 rings (SSSR count). The molecule has 0 unspecified atom stereocenters. The number of nitrogens with one attached hydrogen (secondary N) is 2. The SMILES string of the molecule is Cc1nc(C(=O)N2CC[C@H](Oc3ccc(-c4ncnc(Nc5ccc(N6CCN(C7COC7)CC6)cc5)n4)cc3C#N)[C@@H](F)C2)c(C)[nH]1. The monoisotopic (exact) mass is 652 g/mol. The highest BCUT2D eigenvalue weighted by atomic mass is 19.1. The first-order valence-electron chi connectivity index (χ1n) is 16.1. The molecule has 0 aliphatic carbocycles. The van der Waals surface area contributed by atoms with Crippen LogP contribution in [0.2, 0.25) is 0 Å². The number of carbonyl (C=O) groups is 1. The van der Waals surface area contributed by atoms with Crippen molar-refractivity contribution in [3.8, 4) is 23.2 Å². The second-order valence-corrected chi connectivity index (χ2v) is 12.3. The largest absolute Gasteiger partial charge is 0.486 e. The van der Waals surface area contributed by atoms with E-state index in [9.17, 15) is 10.1 Å². The van der Waals surface area contributed by atoms with Crippen molar-refractivity contribution >= 4 is 23.2 Å². The minimum atomic E-state index is -1.43. The topological polar surface area (TPSA) is 148 Å². The average Bonchev–Trinajstić information content (AvgIpc) is 3.42. The lowest BCUT2D eigenvalue weighted by atomic mass is 10.0. The number of aromatic nitrogens is 5. The van der Waals surface area contributed by atoms with Gasteiger partial charge in [0.15, 0.2) is 12.0 Å². The number of anilines is 3. The van der Waals surface area contributed by atoms with E-state index in [1.165, 1.54) is 16.9 Å². The van der Waals surface area contributed by atoms with Crippen LogP contribution in [-0.4, -0.2) is 111 Å². The van der Waals surface area contributed by atoms with E-state index in [0.717, 1.165) is 45.1 Å². The molecule has 3 fully saturated rings. The summed E-state index contributed by atoms with van der Waals surface area (Å²) >= 11 is 0. The second kappa shape index (κ2) is 13.5. The summed E-state index contributed by atoms with van der Waals surface area (Å²) in [6, 6.07) is 15.9. The van der Waals surface area contributed by atoms with Gasteiger partial charge in [-0.1, -0.05) is 0 Å². The molecule has 13 nitrogen and oxygen atoms in total. The number of piperazine rings is 1. The Bertz CT molecular complexity index is 1810. The predicted octanol–water partition coefficient (Wildman–Crippen LogP) is 3.65. The van der Waals surface area contributed by atoms with Crippen LogP contribution in [0.4, 0.5) is 21.7 Å². The Hall–Kier alpha value is -5.13. The van der Waals surface area contributed by atoms with Gasteiger partial charge in [0.1, 0.15) is 35.8 Å². The average molecular weight is 653 g/mol. The summed E-state index contributed by atoms with van der Waals surface area (Å²) in [4.78, 5) is 39.7. The Kier molecular flexibility index (Phi) is 8.88. The summed E-state index contributed by atoms with van der Waals surface area (Å²) in [7, 11) is 0. The first-order chi connectivity index (χ1) is 23.3. The van der Waals surface area contributed by atoms with Crippen LogP contribution in [-0.2, 0) is 4.74 Å². The van der Waals surface area contributed by atoms with Crippen LogP contribution in [0.3, 0.4) is 0 Å². The van der Waals surface area contributed by atoms with Gasteiger partial charge < -0.3 is 29.6 Å². The molecule has 2 aromatic heterocycles. The van der Waals surface area contributed by atoms with E-state index in [2.05, 4.69) is 58.2 Å². The molecule has 0 bridgehead atoms. The molecular formula is C34H37FN10O3. The number of carbonyl (C=O) groups excluding carboxylic acids is 1. The van der Waals surface area contributed by atoms with Gasteiger partial charge in [0.2, 0.25) is 5.95 Å². The zero-order chi connectivity index (χ0) is 33.2. The lowest BCUT2D eigenvalue weighted by Gasteiger charge is -2.43. The van der Waals surface area contributed by atoms with Gasteiger partial charge >= 0.3 is 0 Å². The van der Waals surface area contributed by atoms with Crippen LogP contribution in [0.15, 0.2) is 48.8 Å². The standard InChI is InChI=1S/C34H37FN10O3/c1-21-31(40-22(2)39-21)33(46)45-10-9-30(28(35)17-45)48-29-8-3-23(15-24(29)16-36)32-37-20-38-34(42-32)41-25-4-6-26(7-5-25)43-11-13-44(14-12-43)27-18-47-19-27/h3-8,15,20,27-28,30H,9-14,17-19H2,1-2H3,(H,39,40)(H,37,38,41,42)/t28-,30-/m0/s1. The van der Waals surface area contributed by atoms with Gasteiger partial charge in [0, 0.05) is 61.8 Å². The summed E-state index contributed by atoms with van der Waals surface area (Å²) in [6.07, 6.45) is -0.548. The number of hydrogen-bond acceptors (Lipinski definition) is 11. The molecule has 3 aliphatic heterocycles. The molecule has 5 heterocycles. The lowest BCUT2D eigenvalue weighted by Crippen LogP contribution is -2.56. The molecule has 48 heavy (non-hydrogen) atoms. The third kappa shape index (κ3) is 6.65. The third-order valence-corrected chi connectivity index (χ3v) is 9.12. The highest BCUT2D eigenvalue weighted by molar-refractivity contribution is 5.93. The van der Waals surface area contributed by atoms with E-state index in [1.807, 2.05) is 12.1 Å². The fourth-order valence-electron chi connectivity index (χ4n) is 6.35. The Morgan fingerprint density at radius 3 is 2.52 bits per heavy atom. The van der Waals surface area contributed by atoms with Crippen molar-refractivity contribution in [1.82, 2.24) is 34.7 Å². The first kappa shape index (κ1) is 31.5. The van der Waals surface area contributed by atoms with Crippen LogP contribution in [0.1, 0.15) is 34.0 Å². The normalized spacial score (nSPS) is 20.2. The fraction of sp³-hybridized carbons (Fsp3) is 0.412. The number of benzene rings is 2. The first-order valence-corrected chi connectivity index (χ1v) is 16.1. The van der Waals surface area contributed by atoms with E-state index in [1.54, 1.807) is 32.0 Å². The van der Waals surface area contributed by atoms with Gasteiger partial charge in [0.25, 0.3) is 5.91 Å². The summed E-state index contributed by atoms with van der Waals surface area (Å²) in [5.74, 6) is 1.32. The summed E-state index contributed by atoms with van der Waals surface area (Å²) in [5, 5.41) is 13.1. The Balaban J connectivity index is 0.965. The van der Waals surface area contributed by atoms with Crippen molar-refractivity contribution in [1.29, 1.82) is 5.26 Å². The van der Waals surface area contributed by atoms with E-state index >= 15 is 4.39 Å². The number of aryl methyl sites for hydroxylation is 2. The minimum Gasteiger partial charge on any atom is -0.486 e. The van der Waals surface area contributed by atoms with Crippen molar-refractivity contribution in [2.24, 2.45) is 0 Å². The molecule has 2 aromatic carbocycles. The zero-order valence-corrected chi connectivity index (χ0v) is 26.9. The van der Waals surface area contributed by atoms with Crippen LogP contribution < -0.4 is 15.0 Å². The second-order valence-electron chi connectivity index (χ2n) is 12.3. The van der Waals surface area contributed by atoms with Gasteiger partial charge in [-0.2, -0.15) is 10.2 Å². The smallest absolute Gasteiger partial charge is 0.274 e. The highest BCUT2D eigenvalue weighted by Gasteiger charge is 2.35.